The first kappa shape index (κ1) is 25.0. The predicted octanol–water partition coefficient (Wildman–Crippen LogP) is 6.00. The zero-order chi connectivity index (χ0) is 27.0. The summed E-state index contributed by atoms with van der Waals surface area (Å²) in [6.45, 7) is 2.66. The second-order valence-electron chi connectivity index (χ2n) is 8.70. The Morgan fingerprint density at radius 1 is 1.29 bits per heavy atom. The molecule has 8 nitrogen and oxygen atoms in total. The molecule has 1 saturated heterocycles. The van der Waals surface area contributed by atoms with Crippen molar-refractivity contribution in [3.63, 3.8) is 0 Å². The monoisotopic (exact) mass is 523 g/mol. The highest BCUT2D eigenvalue weighted by Gasteiger charge is 2.30. The Hall–Kier alpha value is -4.66. The Balaban J connectivity index is 1.51. The first-order valence-corrected chi connectivity index (χ1v) is 11.6. The number of nitriles is 1. The van der Waals surface area contributed by atoms with Gasteiger partial charge in [-0.15, -0.1) is 0 Å². The number of ether oxygens (including phenoxy) is 1. The van der Waals surface area contributed by atoms with Crippen LogP contribution in [-0.2, 0) is 0 Å². The number of hydrogen-bond donors (Lipinski definition) is 1. The van der Waals surface area contributed by atoms with Gasteiger partial charge >= 0.3 is 6.61 Å². The summed E-state index contributed by atoms with van der Waals surface area (Å²) in [5.41, 5.74) is 1.93. The summed E-state index contributed by atoms with van der Waals surface area (Å²) < 4.78 is 59.2. The van der Waals surface area contributed by atoms with Crippen LogP contribution in [0.4, 0.5) is 23.4 Å². The van der Waals surface area contributed by atoms with Gasteiger partial charge in [0.25, 0.3) is 0 Å². The van der Waals surface area contributed by atoms with Gasteiger partial charge in [0.2, 0.25) is 0 Å². The lowest BCUT2D eigenvalue weighted by molar-refractivity contribution is -0.0499. The minimum atomic E-state index is -3.08. The number of nitrogens with one attached hydrogen (secondary N) is 1. The maximum Gasteiger partial charge on any atom is 0.387 e. The van der Waals surface area contributed by atoms with Gasteiger partial charge in [-0.25, -0.2) is 23.3 Å². The minimum absolute atomic E-state index is 0.0629. The summed E-state index contributed by atoms with van der Waals surface area (Å²) in [4.78, 5) is 14.2. The Morgan fingerprint density at radius 3 is 2.84 bits per heavy atom. The largest absolute Gasteiger partial charge is 0.433 e. The molecule has 0 bridgehead atoms. The SMILES string of the molecule is C=C(/C(F)=C\C=C(/C)F)[C@H]1CCCN1c1ccn2ncc(-c3nc4cc(OC(F)F)c(C#N)cc4[nH]3)c2n1. The molecule has 0 radical (unpaired) electrons. The standard InChI is InChI=1S/C26H21F4N7O/c1-14(27)5-6-18(28)15(2)21-4-3-8-36(21)23-7-9-37-25(35-23)17(13-32-37)24-33-19-10-16(12-31)22(38-26(29)30)11-20(19)34-24/h5-7,9-11,13,21,26H,2-4,8H2,1H3,(H,33,34)/b14-5+,18-6+/t21-/m1/s1. The molecular weight excluding hydrogens is 502 g/mol. The number of nitrogens with zero attached hydrogens (tertiary/aromatic N) is 6. The fourth-order valence-corrected chi connectivity index (χ4v) is 4.49. The number of rotatable bonds is 7. The van der Waals surface area contributed by atoms with E-state index in [0.29, 0.717) is 46.9 Å². The van der Waals surface area contributed by atoms with Crippen molar-refractivity contribution in [1.82, 2.24) is 24.6 Å². The van der Waals surface area contributed by atoms with Crippen molar-refractivity contribution < 1.29 is 22.3 Å². The van der Waals surface area contributed by atoms with Crippen LogP contribution in [-0.4, -0.2) is 43.8 Å². The molecule has 1 atom stereocenters. The van der Waals surface area contributed by atoms with Gasteiger partial charge in [-0.2, -0.15) is 19.1 Å². The molecule has 3 aromatic heterocycles. The number of anilines is 1. The zero-order valence-corrected chi connectivity index (χ0v) is 20.1. The number of benzene rings is 1. The van der Waals surface area contributed by atoms with Gasteiger partial charge in [-0.3, -0.25) is 0 Å². The van der Waals surface area contributed by atoms with Crippen LogP contribution in [0.25, 0.3) is 28.1 Å². The third kappa shape index (κ3) is 4.70. The van der Waals surface area contributed by atoms with Crippen molar-refractivity contribution in [2.75, 3.05) is 11.4 Å². The van der Waals surface area contributed by atoms with Gasteiger partial charge in [-0.1, -0.05) is 6.58 Å². The van der Waals surface area contributed by atoms with E-state index in [2.05, 4.69) is 26.4 Å². The molecule has 0 saturated carbocycles. The van der Waals surface area contributed by atoms with E-state index in [0.717, 1.165) is 18.6 Å². The van der Waals surface area contributed by atoms with Crippen LogP contribution >= 0.6 is 0 Å². The molecule has 0 amide bonds. The Labute approximate surface area is 214 Å². The average molecular weight is 523 g/mol. The number of hydrogen-bond acceptors (Lipinski definition) is 6. The third-order valence-electron chi connectivity index (χ3n) is 6.24. The van der Waals surface area contributed by atoms with Gasteiger partial charge in [0.1, 0.15) is 29.3 Å². The average Bonchev–Trinajstić information content (AvgIpc) is 3.63. The van der Waals surface area contributed by atoms with Crippen LogP contribution in [0.15, 0.2) is 66.6 Å². The van der Waals surface area contributed by atoms with Gasteiger partial charge < -0.3 is 14.6 Å². The quantitative estimate of drug-likeness (QED) is 0.236. The molecule has 0 aliphatic carbocycles. The second kappa shape index (κ2) is 10.0. The van der Waals surface area contributed by atoms with Crippen molar-refractivity contribution in [3.8, 4) is 23.2 Å². The van der Waals surface area contributed by atoms with Crippen LogP contribution in [0.1, 0.15) is 25.3 Å². The van der Waals surface area contributed by atoms with Gasteiger partial charge in [0.15, 0.2) is 5.65 Å². The molecule has 194 valence electrons. The molecule has 1 fully saturated rings. The predicted molar refractivity (Wildman–Crippen MR) is 133 cm³/mol. The van der Waals surface area contributed by atoms with Crippen LogP contribution in [0.5, 0.6) is 5.75 Å². The fourth-order valence-electron chi connectivity index (χ4n) is 4.49. The maximum absolute atomic E-state index is 14.6. The number of aromatic nitrogens is 5. The van der Waals surface area contributed by atoms with Crippen molar-refractivity contribution in [1.29, 1.82) is 5.26 Å². The van der Waals surface area contributed by atoms with Crippen LogP contribution in [0.3, 0.4) is 0 Å². The number of H-pyrrole nitrogens is 1. The highest BCUT2D eigenvalue weighted by atomic mass is 19.3. The van der Waals surface area contributed by atoms with Crippen LogP contribution in [0, 0.1) is 11.3 Å². The van der Waals surface area contributed by atoms with E-state index in [1.807, 2.05) is 11.0 Å². The molecule has 5 rings (SSSR count). The molecule has 0 spiro atoms. The van der Waals surface area contributed by atoms with E-state index in [4.69, 9.17) is 4.98 Å². The van der Waals surface area contributed by atoms with E-state index in [-0.39, 0.29) is 22.9 Å². The lowest BCUT2D eigenvalue weighted by Gasteiger charge is -2.26. The molecule has 4 aromatic rings. The summed E-state index contributed by atoms with van der Waals surface area (Å²) in [7, 11) is 0. The number of alkyl halides is 2. The number of fused-ring (bicyclic) bond motifs is 2. The smallest absolute Gasteiger partial charge is 0.387 e. The molecule has 4 heterocycles. The topological polar surface area (TPSA) is 95.1 Å². The van der Waals surface area contributed by atoms with Crippen LogP contribution in [0.2, 0.25) is 0 Å². The van der Waals surface area contributed by atoms with Crippen molar-refractivity contribution in [3.05, 3.63) is 72.1 Å². The fraction of sp³-hybridized carbons (Fsp3) is 0.231. The number of halogens is 4. The maximum atomic E-state index is 14.6. The third-order valence-corrected chi connectivity index (χ3v) is 6.24. The first-order valence-electron chi connectivity index (χ1n) is 11.6. The Morgan fingerprint density at radius 2 is 2.11 bits per heavy atom. The number of imidazole rings is 1. The summed E-state index contributed by atoms with van der Waals surface area (Å²) in [6, 6.07) is 5.90. The van der Waals surface area contributed by atoms with Gasteiger partial charge in [-0.05, 0) is 44.1 Å². The van der Waals surface area contributed by atoms with E-state index in [1.54, 1.807) is 23.0 Å². The van der Waals surface area contributed by atoms with Crippen molar-refractivity contribution in [2.45, 2.75) is 32.4 Å². The molecule has 1 aliphatic rings. The van der Waals surface area contributed by atoms with E-state index in [9.17, 15) is 22.8 Å². The lowest BCUT2D eigenvalue weighted by atomic mass is 10.0. The highest BCUT2D eigenvalue weighted by molar-refractivity contribution is 5.85. The molecule has 0 unspecified atom stereocenters. The second-order valence-corrected chi connectivity index (χ2v) is 8.70. The molecule has 38 heavy (non-hydrogen) atoms. The number of aromatic amines is 1. The Kier molecular flexibility index (Phi) is 6.59. The molecular formula is C26H21F4N7O. The van der Waals surface area contributed by atoms with Gasteiger partial charge in [0.05, 0.1) is 40.2 Å². The van der Waals surface area contributed by atoms with E-state index < -0.39 is 18.3 Å². The normalized spacial score (nSPS) is 16.6. The lowest BCUT2D eigenvalue weighted by Crippen LogP contribution is -2.31. The molecule has 1 aliphatic heterocycles. The molecule has 1 N–H and O–H groups in total. The van der Waals surface area contributed by atoms with Crippen molar-refractivity contribution >= 4 is 22.5 Å². The minimum Gasteiger partial charge on any atom is -0.433 e. The summed E-state index contributed by atoms with van der Waals surface area (Å²) in [5, 5.41) is 13.6. The van der Waals surface area contributed by atoms with Crippen LogP contribution < -0.4 is 9.64 Å². The molecule has 12 heteroatoms. The highest BCUT2D eigenvalue weighted by Crippen LogP contribution is 2.33. The molecule has 1 aromatic carbocycles. The van der Waals surface area contributed by atoms with Crippen molar-refractivity contribution in [2.24, 2.45) is 0 Å². The first-order chi connectivity index (χ1) is 18.2. The van der Waals surface area contributed by atoms with E-state index in [1.165, 1.54) is 19.1 Å². The summed E-state index contributed by atoms with van der Waals surface area (Å²) in [6.07, 6.45) is 6.84. The zero-order valence-electron chi connectivity index (χ0n) is 20.1. The Bertz CT molecular complexity index is 1640. The number of allylic oxidation sites excluding steroid dienone is 3. The van der Waals surface area contributed by atoms with E-state index >= 15 is 0 Å². The van der Waals surface area contributed by atoms with Gasteiger partial charge in [0, 0.05) is 24.4 Å². The summed E-state index contributed by atoms with van der Waals surface area (Å²) in [5.74, 6) is -0.444. The summed E-state index contributed by atoms with van der Waals surface area (Å²) >= 11 is 0.